The van der Waals surface area contributed by atoms with Gasteiger partial charge in [0.05, 0.1) is 20.8 Å². The van der Waals surface area contributed by atoms with Gasteiger partial charge in [0.2, 0.25) is 0 Å². The molecule has 0 unspecified atom stereocenters. The van der Waals surface area contributed by atoms with Crippen LogP contribution in [0.3, 0.4) is 0 Å². The number of hydrogen-bond acceptors (Lipinski definition) is 5. The third kappa shape index (κ3) is 2.97. The lowest BCUT2D eigenvalue weighted by atomic mass is 10.1. The van der Waals surface area contributed by atoms with Crippen molar-refractivity contribution in [2.24, 2.45) is 0 Å². The highest BCUT2D eigenvalue weighted by Crippen LogP contribution is 2.41. The minimum atomic E-state index is 0.602. The molecule has 4 rings (SSSR count). The number of fused-ring (bicyclic) bond motifs is 1. The molecule has 0 aliphatic carbocycles. The Hall–Kier alpha value is -3.15. The summed E-state index contributed by atoms with van der Waals surface area (Å²) in [4.78, 5) is 0. The largest absolute Gasteiger partial charge is 0.497 e. The van der Waals surface area contributed by atoms with E-state index in [0.717, 1.165) is 53.0 Å². The van der Waals surface area contributed by atoms with Crippen LogP contribution in [0.15, 0.2) is 42.5 Å². The zero-order valence-corrected chi connectivity index (χ0v) is 15.8. The minimum Gasteiger partial charge on any atom is -0.497 e. The Bertz CT molecular complexity index is 965. The third-order valence-electron chi connectivity index (χ3n) is 4.71. The summed E-state index contributed by atoms with van der Waals surface area (Å²) < 4.78 is 18.7. The Balaban J connectivity index is 1.91. The summed E-state index contributed by atoms with van der Waals surface area (Å²) >= 11 is 0. The molecule has 0 fully saturated rings. The van der Waals surface area contributed by atoms with Gasteiger partial charge in [-0.25, -0.2) is 4.68 Å². The number of hydrogen-bond donors (Lipinski definition) is 1. The zero-order valence-electron chi connectivity index (χ0n) is 15.8. The van der Waals surface area contributed by atoms with Gasteiger partial charge >= 0.3 is 0 Å². The van der Waals surface area contributed by atoms with E-state index in [9.17, 15) is 0 Å². The molecule has 1 N–H and O–H groups in total. The summed E-state index contributed by atoms with van der Waals surface area (Å²) in [5.41, 5.74) is 3.91. The predicted octanol–water partition coefficient (Wildman–Crippen LogP) is 3.92. The van der Waals surface area contributed by atoms with Gasteiger partial charge in [0.15, 0.2) is 0 Å². The standard InChI is InChI=1S/C21H23N3O3/c1-4-27-19-8-6-5-7-17(19)24-21-15(11-12-22-21)20(23-24)16-13-14(25-2)9-10-18(16)26-3/h5-10,13,22H,4,11-12H2,1-3H3. The zero-order chi connectivity index (χ0) is 18.8. The molecule has 1 aromatic heterocycles. The molecule has 6 heteroatoms. The first-order valence-electron chi connectivity index (χ1n) is 9.07. The van der Waals surface area contributed by atoms with E-state index in [2.05, 4.69) is 5.32 Å². The monoisotopic (exact) mass is 365 g/mol. The van der Waals surface area contributed by atoms with Gasteiger partial charge in [-0.15, -0.1) is 0 Å². The number of nitrogens with zero attached hydrogens (tertiary/aromatic N) is 2. The van der Waals surface area contributed by atoms with E-state index in [1.54, 1.807) is 14.2 Å². The quantitative estimate of drug-likeness (QED) is 0.717. The number of nitrogens with one attached hydrogen (secondary N) is 1. The van der Waals surface area contributed by atoms with Gasteiger partial charge in [0, 0.05) is 17.7 Å². The lowest BCUT2D eigenvalue weighted by Gasteiger charge is -2.12. The van der Waals surface area contributed by atoms with E-state index < -0.39 is 0 Å². The molecule has 6 nitrogen and oxygen atoms in total. The van der Waals surface area contributed by atoms with Crippen LogP contribution in [0.1, 0.15) is 12.5 Å². The van der Waals surface area contributed by atoms with E-state index in [1.165, 1.54) is 5.56 Å². The normalized spacial score (nSPS) is 12.4. The molecule has 27 heavy (non-hydrogen) atoms. The SMILES string of the molecule is CCOc1ccccc1-n1nc(-c2cc(OC)ccc2OC)c2c1NCC2. The summed E-state index contributed by atoms with van der Waals surface area (Å²) in [5.74, 6) is 3.35. The minimum absolute atomic E-state index is 0.602. The molecule has 3 aromatic rings. The Kier molecular flexibility index (Phi) is 4.62. The first-order valence-corrected chi connectivity index (χ1v) is 9.07. The van der Waals surface area contributed by atoms with Crippen molar-refractivity contribution in [2.45, 2.75) is 13.3 Å². The molecule has 0 bridgehead atoms. The predicted molar refractivity (Wildman–Crippen MR) is 105 cm³/mol. The summed E-state index contributed by atoms with van der Waals surface area (Å²) in [6.45, 7) is 3.46. The van der Waals surface area contributed by atoms with Gasteiger partial charge in [-0.1, -0.05) is 12.1 Å². The molecule has 0 radical (unpaired) electrons. The summed E-state index contributed by atoms with van der Waals surface area (Å²) in [5, 5.41) is 8.40. The second-order valence-corrected chi connectivity index (χ2v) is 6.23. The van der Waals surface area contributed by atoms with E-state index in [-0.39, 0.29) is 0 Å². The second-order valence-electron chi connectivity index (χ2n) is 6.23. The van der Waals surface area contributed by atoms with E-state index in [1.807, 2.05) is 54.1 Å². The molecule has 0 saturated heterocycles. The van der Waals surface area contributed by atoms with Crippen LogP contribution in [0.4, 0.5) is 5.82 Å². The smallest absolute Gasteiger partial charge is 0.145 e. The summed E-state index contributed by atoms with van der Waals surface area (Å²) in [6, 6.07) is 13.7. The fourth-order valence-corrected chi connectivity index (χ4v) is 3.47. The van der Waals surface area contributed by atoms with Gasteiger partial charge in [-0.2, -0.15) is 5.10 Å². The van der Waals surface area contributed by atoms with Crippen LogP contribution in [-0.4, -0.2) is 37.2 Å². The van der Waals surface area contributed by atoms with Gasteiger partial charge in [-0.05, 0) is 43.7 Å². The van der Waals surface area contributed by atoms with Crippen molar-refractivity contribution >= 4 is 5.82 Å². The van der Waals surface area contributed by atoms with Gasteiger partial charge < -0.3 is 19.5 Å². The molecular formula is C21H23N3O3. The highest BCUT2D eigenvalue weighted by Gasteiger charge is 2.27. The summed E-state index contributed by atoms with van der Waals surface area (Å²) in [6.07, 6.45) is 0.905. The highest BCUT2D eigenvalue weighted by atomic mass is 16.5. The Morgan fingerprint density at radius 2 is 1.93 bits per heavy atom. The Morgan fingerprint density at radius 1 is 1.07 bits per heavy atom. The molecule has 1 aliphatic rings. The average Bonchev–Trinajstić information content (AvgIpc) is 3.31. The van der Waals surface area contributed by atoms with E-state index in [0.29, 0.717) is 6.61 Å². The lowest BCUT2D eigenvalue weighted by molar-refractivity contribution is 0.338. The number of anilines is 1. The van der Waals surface area contributed by atoms with Gasteiger partial charge in [0.25, 0.3) is 0 Å². The van der Waals surface area contributed by atoms with Gasteiger partial charge in [-0.3, -0.25) is 0 Å². The van der Waals surface area contributed by atoms with Crippen LogP contribution < -0.4 is 19.5 Å². The van der Waals surface area contributed by atoms with E-state index in [4.69, 9.17) is 19.3 Å². The second kappa shape index (κ2) is 7.23. The fourth-order valence-electron chi connectivity index (χ4n) is 3.47. The van der Waals surface area contributed by atoms with Crippen molar-refractivity contribution in [1.29, 1.82) is 0 Å². The maximum Gasteiger partial charge on any atom is 0.145 e. The number of rotatable bonds is 6. The van der Waals surface area contributed by atoms with Gasteiger partial charge in [0.1, 0.15) is 34.4 Å². The lowest BCUT2D eigenvalue weighted by Crippen LogP contribution is -2.06. The topological polar surface area (TPSA) is 57.5 Å². The van der Waals surface area contributed by atoms with Crippen molar-refractivity contribution in [3.05, 3.63) is 48.0 Å². The first-order chi connectivity index (χ1) is 13.3. The maximum atomic E-state index is 5.81. The van der Waals surface area contributed by atoms with Crippen molar-refractivity contribution in [2.75, 3.05) is 32.7 Å². The first kappa shape index (κ1) is 17.3. The molecular weight excluding hydrogens is 342 g/mol. The molecule has 0 spiro atoms. The molecule has 2 heterocycles. The molecule has 0 atom stereocenters. The molecule has 1 aliphatic heterocycles. The molecule has 140 valence electrons. The van der Waals surface area contributed by atoms with Crippen LogP contribution in [-0.2, 0) is 6.42 Å². The molecule has 0 amide bonds. The van der Waals surface area contributed by atoms with Crippen LogP contribution in [0.5, 0.6) is 17.2 Å². The fraction of sp³-hybridized carbons (Fsp3) is 0.286. The van der Waals surface area contributed by atoms with Crippen molar-refractivity contribution in [3.8, 4) is 34.2 Å². The Morgan fingerprint density at radius 3 is 2.70 bits per heavy atom. The molecule has 0 saturated carbocycles. The molecule has 2 aromatic carbocycles. The van der Waals surface area contributed by atoms with Crippen molar-refractivity contribution in [3.63, 3.8) is 0 Å². The van der Waals surface area contributed by atoms with Crippen LogP contribution in [0.2, 0.25) is 0 Å². The van der Waals surface area contributed by atoms with Crippen LogP contribution >= 0.6 is 0 Å². The number of methoxy groups -OCH3 is 2. The van der Waals surface area contributed by atoms with Crippen molar-refractivity contribution < 1.29 is 14.2 Å². The number of ether oxygens (including phenoxy) is 3. The van der Waals surface area contributed by atoms with Crippen LogP contribution in [0.25, 0.3) is 16.9 Å². The average molecular weight is 365 g/mol. The van der Waals surface area contributed by atoms with Crippen LogP contribution in [0, 0.1) is 0 Å². The Labute approximate surface area is 158 Å². The van der Waals surface area contributed by atoms with E-state index >= 15 is 0 Å². The third-order valence-corrected chi connectivity index (χ3v) is 4.71. The summed E-state index contributed by atoms with van der Waals surface area (Å²) in [7, 11) is 3.33. The number of benzene rings is 2. The number of para-hydroxylation sites is 2. The van der Waals surface area contributed by atoms with Crippen molar-refractivity contribution in [1.82, 2.24) is 9.78 Å². The maximum absolute atomic E-state index is 5.81. The number of aromatic nitrogens is 2. The highest BCUT2D eigenvalue weighted by molar-refractivity contribution is 5.78.